The van der Waals surface area contributed by atoms with Crippen molar-refractivity contribution in [1.29, 1.82) is 0 Å². The number of carbonyl (C=O) groups is 4. The van der Waals surface area contributed by atoms with Crippen LogP contribution in [0.15, 0.2) is 78.9 Å². The van der Waals surface area contributed by atoms with Gasteiger partial charge < -0.3 is 35.1 Å². The number of rotatable bonds is 14. The summed E-state index contributed by atoms with van der Waals surface area (Å²) in [4.78, 5) is 59.2. The maximum absolute atomic E-state index is 13.2. The van der Waals surface area contributed by atoms with E-state index in [0.717, 1.165) is 34.6 Å². The Kier molecular flexibility index (Phi) is 12.0. The molecule has 13 nitrogen and oxygen atoms in total. The minimum absolute atomic E-state index is 0.0194. The number of nitrogens with zero attached hydrogens (tertiary/aromatic N) is 3. The fourth-order valence-corrected chi connectivity index (χ4v) is 6.55. The van der Waals surface area contributed by atoms with E-state index in [9.17, 15) is 19.2 Å². The molecule has 0 radical (unpaired) electrons. The van der Waals surface area contributed by atoms with Crippen LogP contribution in [0.2, 0.25) is 10.0 Å². The second kappa shape index (κ2) is 16.8. The van der Waals surface area contributed by atoms with Crippen LogP contribution in [0, 0.1) is 0 Å². The van der Waals surface area contributed by atoms with Crippen LogP contribution < -0.4 is 16.4 Å². The average molecular weight is 786 g/mol. The molecule has 0 atom stereocenters. The van der Waals surface area contributed by atoms with Crippen molar-refractivity contribution in [3.63, 3.8) is 0 Å². The number of carbonyl (C=O) groups excluding carboxylic acids is 4. The number of allylic oxidation sites excluding steroid dienone is 4. The third kappa shape index (κ3) is 9.20. The van der Waals surface area contributed by atoms with E-state index in [4.69, 9.17) is 48.1 Å². The minimum Gasteiger partial charge on any atom is -0.445 e. The second-order valence-electron chi connectivity index (χ2n) is 13.2. The number of halogens is 2. The van der Waals surface area contributed by atoms with E-state index >= 15 is 0 Å². The van der Waals surface area contributed by atoms with E-state index in [1.165, 1.54) is 12.1 Å². The maximum Gasteiger partial charge on any atom is 0.407 e. The lowest BCUT2D eigenvalue weighted by Gasteiger charge is -2.27. The van der Waals surface area contributed by atoms with Gasteiger partial charge in [-0.3, -0.25) is 14.4 Å². The molecule has 0 spiro atoms. The van der Waals surface area contributed by atoms with Gasteiger partial charge in [0.15, 0.2) is 17.4 Å². The summed E-state index contributed by atoms with van der Waals surface area (Å²) in [6.45, 7) is 7.50. The number of alkyl carbamates (subject to hydrolysis) is 1. The first-order valence-electron chi connectivity index (χ1n) is 17.4. The zero-order valence-corrected chi connectivity index (χ0v) is 31.8. The minimum atomic E-state index is -0.666. The van der Waals surface area contributed by atoms with Crippen LogP contribution >= 0.6 is 23.2 Å². The van der Waals surface area contributed by atoms with Crippen molar-refractivity contribution in [3.05, 3.63) is 111 Å². The highest BCUT2D eigenvalue weighted by atomic mass is 35.5. The molecule has 0 saturated heterocycles. The largest absolute Gasteiger partial charge is 0.445 e. The number of pyridine rings is 1. The van der Waals surface area contributed by atoms with Crippen molar-refractivity contribution in [2.45, 2.75) is 46.1 Å². The van der Waals surface area contributed by atoms with Crippen molar-refractivity contribution in [2.75, 3.05) is 30.8 Å². The van der Waals surface area contributed by atoms with Gasteiger partial charge in [-0.1, -0.05) is 53.5 Å². The number of benzene rings is 3. The van der Waals surface area contributed by atoms with Gasteiger partial charge in [-0.25, -0.2) is 14.8 Å². The van der Waals surface area contributed by atoms with Gasteiger partial charge >= 0.3 is 6.09 Å². The van der Waals surface area contributed by atoms with Gasteiger partial charge in [-0.15, -0.1) is 0 Å². The molecule has 2 aromatic heterocycles. The lowest BCUT2D eigenvalue weighted by atomic mass is 9.94. The van der Waals surface area contributed by atoms with Gasteiger partial charge in [0.05, 0.1) is 40.4 Å². The molecule has 2 amide bonds. The molecule has 0 saturated carbocycles. The molecule has 6 rings (SSSR count). The Bertz CT molecular complexity index is 2370. The van der Waals surface area contributed by atoms with Crippen molar-refractivity contribution < 1.29 is 33.4 Å². The first-order valence-corrected chi connectivity index (χ1v) is 18.1. The van der Waals surface area contributed by atoms with Crippen LogP contribution in [0.5, 0.6) is 0 Å². The monoisotopic (exact) mass is 784 g/mol. The highest BCUT2D eigenvalue weighted by Crippen LogP contribution is 2.34. The van der Waals surface area contributed by atoms with Gasteiger partial charge in [0.25, 0.3) is 5.91 Å². The molecular formula is C40H38Cl2N6O7. The van der Waals surface area contributed by atoms with Crippen LogP contribution in [0.1, 0.15) is 48.1 Å². The second-order valence-corrected chi connectivity index (χ2v) is 14.0. The summed E-state index contributed by atoms with van der Waals surface area (Å²) in [5, 5.41) is 6.50. The van der Waals surface area contributed by atoms with Crippen molar-refractivity contribution in [2.24, 2.45) is 0 Å². The first kappa shape index (κ1) is 39.1. The zero-order valence-electron chi connectivity index (χ0n) is 30.3. The van der Waals surface area contributed by atoms with Crippen molar-refractivity contribution >= 4 is 85.8 Å². The normalized spacial score (nSPS) is 13.0. The predicted molar refractivity (Wildman–Crippen MR) is 211 cm³/mol. The van der Waals surface area contributed by atoms with Crippen LogP contribution in [-0.4, -0.2) is 63.5 Å². The Morgan fingerprint density at radius 3 is 2.51 bits per heavy atom. The lowest BCUT2D eigenvalue weighted by Crippen LogP contribution is -2.35. The van der Waals surface area contributed by atoms with Crippen molar-refractivity contribution in [1.82, 2.24) is 19.9 Å². The Morgan fingerprint density at radius 2 is 1.75 bits per heavy atom. The van der Waals surface area contributed by atoms with E-state index in [0.29, 0.717) is 48.2 Å². The fourth-order valence-electron chi connectivity index (χ4n) is 6.04. The number of ether oxygens (including phenoxy) is 3. The van der Waals surface area contributed by atoms with E-state index < -0.39 is 23.4 Å². The summed E-state index contributed by atoms with van der Waals surface area (Å²) in [6, 6.07) is 17.2. The summed E-state index contributed by atoms with van der Waals surface area (Å²) in [5.41, 5.74) is 9.23. The number of fused-ring (bicyclic) bond motifs is 3. The summed E-state index contributed by atoms with van der Waals surface area (Å²) in [7, 11) is 0. The van der Waals surface area contributed by atoms with Gasteiger partial charge in [0.2, 0.25) is 0 Å². The number of ketones is 2. The molecule has 284 valence electrons. The first-order chi connectivity index (χ1) is 26.3. The Labute approximate surface area is 326 Å². The summed E-state index contributed by atoms with van der Waals surface area (Å²) >= 11 is 12.8. The summed E-state index contributed by atoms with van der Waals surface area (Å²) in [5.74, 6) is -0.336. The number of imidazole rings is 1. The number of anilines is 2. The Morgan fingerprint density at radius 1 is 0.982 bits per heavy atom. The number of hydrogen-bond donors (Lipinski definition) is 3. The van der Waals surface area contributed by atoms with Gasteiger partial charge in [-0.2, -0.15) is 0 Å². The zero-order chi connectivity index (χ0) is 39.3. The number of para-hydroxylation sites is 1. The number of nitrogen functional groups attached to an aromatic ring is 1. The SMILES string of the molecule is CCOCc1nc2c(N)nc3ccccc3c2n1CC(C)(C)OCCNC(=O)OCc1ccc(NC(=O)c2cc(Cl)cc(C3=CC(=O)C=CC3=O)c2Cl)cc1. The molecular weight excluding hydrogens is 747 g/mol. The molecule has 0 fully saturated rings. The maximum atomic E-state index is 13.2. The molecule has 0 aliphatic heterocycles. The quantitative estimate of drug-likeness (QED) is 0.0779. The van der Waals surface area contributed by atoms with E-state index in [-0.39, 0.29) is 52.3 Å². The average Bonchev–Trinajstić information content (AvgIpc) is 3.51. The van der Waals surface area contributed by atoms with Crippen molar-refractivity contribution in [3.8, 4) is 0 Å². The molecule has 0 unspecified atom stereocenters. The van der Waals surface area contributed by atoms with Crippen LogP contribution in [0.25, 0.3) is 27.5 Å². The van der Waals surface area contributed by atoms with E-state index in [2.05, 4.69) is 20.2 Å². The van der Waals surface area contributed by atoms with E-state index in [1.54, 1.807) is 24.3 Å². The Balaban J connectivity index is 1.00. The van der Waals surface area contributed by atoms with Gasteiger partial charge in [0.1, 0.15) is 24.6 Å². The summed E-state index contributed by atoms with van der Waals surface area (Å²) in [6.07, 6.45) is 2.82. The number of aromatic nitrogens is 3. The highest BCUT2D eigenvalue weighted by molar-refractivity contribution is 6.42. The fraction of sp³-hybridized carbons (Fsp3) is 0.250. The lowest BCUT2D eigenvalue weighted by molar-refractivity contribution is -0.113. The molecule has 3 aromatic carbocycles. The van der Waals surface area contributed by atoms with E-state index in [1.807, 2.05) is 45.0 Å². The molecule has 1 aliphatic carbocycles. The third-order valence-corrected chi connectivity index (χ3v) is 9.26. The molecule has 55 heavy (non-hydrogen) atoms. The molecule has 2 heterocycles. The topological polar surface area (TPSA) is 177 Å². The Hall–Kier alpha value is -5.60. The number of amides is 2. The van der Waals surface area contributed by atoms with Gasteiger partial charge in [-0.05, 0) is 74.9 Å². The standard InChI is InChI=1S/C40H38Cl2N6O7/c1-4-53-21-33-47-35-36(27-7-5-6-8-31(27)46-37(35)43)48(33)22-40(2,3)55-16-15-44-39(52)54-20-23-9-11-25(12-10-23)45-38(51)30-18-24(41)17-29(34(30)42)28-19-26(49)13-14-32(28)50/h5-14,17-19H,4,15-16,20-22H2,1-3H3,(H2,43,46)(H,44,52)(H,45,51). The smallest absolute Gasteiger partial charge is 0.407 e. The highest BCUT2D eigenvalue weighted by Gasteiger charge is 2.26. The summed E-state index contributed by atoms with van der Waals surface area (Å²) < 4.78 is 19.4. The predicted octanol–water partition coefficient (Wildman–Crippen LogP) is 7.08. The number of nitrogens with two attached hydrogens (primary N) is 1. The van der Waals surface area contributed by atoms with Crippen LogP contribution in [-0.2, 0) is 43.6 Å². The number of hydrogen-bond acceptors (Lipinski definition) is 10. The van der Waals surface area contributed by atoms with Crippen LogP contribution in [0.4, 0.5) is 16.3 Å². The molecule has 15 heteroatoms. The van der Waals surface area contributed by atoms with Crippen LogP contribution in [0.3, 0.4) is 0 Å². The molecule has 1 aliphatic rings. The molecule has 4 N–H and O–H groups in total. The third-order valence-electron chi connectivity index (χ3n) is 8.63. The molecule has 5 aromatic rings. The molecule has 0 bridgehead atoms. The van der Waals surface area contributed by atoms with Gasteiger partial charge in [0, 0.05) is 40.4 Å². The number of nitrogens with one attached hydrogen (secondary N) is 2.